The van der Waals surface area contributed by atoms with Gasteiger partial charge in [-0.3, -0.25) is 0 Å². The van der Waals surface area contributed by atoms with Crippen LogP contribution in [-0.2, 0) is 14.2 Å². The van der Waals surface area contributed by atoms with E-state index >= 15 is 0 Å². The molecule has 0 radical (unpaired) electrons. The van der Waals surface area contributed by atoms with Crippen molar-refractivity contribution in [2.45, 2.75) is 33.1 Å². The second kappa shape index (κ2) is 15.8. The van der Waals surface area contributed by atoms with Gasteiger partial charge in [-0.25, -0.2) is 0 Å². The van der Waals surface area contributed by atoms with Crippen molar-refractivity contribution < 1.29 is 14.2 Å². The summed E-state index contributed by atoms with van der Waals surface area (Å²) in [6.07, 6.45) is 3.65. The Morgan fingerprint density at radius 1 is 0.706 bits per heavy atom. The van der Waals surface area contributed by atoms with E-state index in [2.05, 4.69) is 19.2 Å². The van der Waals surface area contributed by atoms with E-state index in [1.54, 1.807) is 0 Å². The summed E-state index contributed by atoms with van der Waals surface area (Å²) >= 11 is 0. The Bertz CT molecular complexity index is 120. The van der Waals surface area contributed by atoms with Gasteiger partial charge in [-0.05, 0) is 13.0 Å². The molecule has 0 aliphatic carbocycles. The van der Waals surface area contributed by atoms with E-state index in [0.717, 1.165) is 32.7 Å². The maximum atomic E-state index is 5.42. The van der Waals surface area contributed by atoms with Crippen LogP contribution < -0.4 is 5.32 Å². The number of likely N-dealkylation sites (N-methyl/N-ethyl adjacent to an activating group) is 1. The zero-order valence-corrected chi connectivity index (χ0v) is 11.5. The van der Waals surface area contributed by atoms with Crippen molar-refractivity contribution in [1.29, 1.82) is 0 Å². The lowest BCUT2D eigenvalue weighted by atomic mass is 10.3. The molecule has 4 heteroatoms. The van der Waals surface area contributed by atoms with Crippen molar-refractivity contribution in [3.8, 4) is 0 Å². The smallest absolute Gasteiger partial charge is 0.0701 e. The first-order valence-corrected chi connectivity index (χ1v) is 6.85. The third kappa shape index (κ3) is 15.8. The number of rotatable bonds is 14. The number of unbranched alkanes of at least 4 members (excludes halogenated alkanes) is 2. The fraction of sp³-hybridized carbons (Fsp3) is 1.00. The lowest BCUT2D eigenvalue weighted by Crippen LogP contribution is -2.20. The van der Waals surface area contributed by atoms with Crippen LogP contribution in [0.15, 0.2) is 0 Å². The summed E-state index contributed by atoms with van der Waals surface area (Å²) < 4.78 is 16.2. The van der Waals surface area contributed by atoms with Gasteiger partial charge in [-0.2, -0.15) is 0 Å². The van der Waals surface area contributed by atoms with Crippen LogP contribution in [0, 0.1) is 0 Å². The van der Waals surface area contributed by atoms with Gasteiger partial charge in [0.05, 0.1) is 33.0 Å². The molecule has 0 fully saturated rings. The average molecular weight is 247 g/mol. The fourth-order valence-electron chi connectivity index (χ4n) is 1.32. The number of hydrogen-bond acceptors (Lipinski definition) is 4. The molecule has 4 nitrogen and oxygen atoms in total. The minimum atomic E-state index is 0.657. The quantitative estimate of drug-likeness (QED) is 0.475. The molecule has 0 aliphatic rings. The summed E-state index contributed by atoms with van der Waals surface area (Å²) in [6.45, 7) is 10.5. The predicted molar refractivity (Wildman–Crippen MR) is 70.5 cm³/mol. The largest absolute Gasteiger partial charge is 0.379 e. The van der Waals surface area contributed by atoms with Crippen LogP contribution in [-0.4, -0.2) is 52.7 Å². The third-order valence-corrected chi connectivity index (χ3v) is 2.31. The molecule has 0 aromatic carbocycles. The number of nitrogens with one attached hydrogen (secondary N) is 1. The van der Waals surface area contributed by atoms with Gasteiger partial charge in [0.1, 0.15) is 0 Å². The molecule has 104 valence electrons. The highest BCUT2D eigenvalue weighted by Gasteiger charge is 1.91. The Kier molecular flexibility index (Phi) is 15.7. The second-order valence-corrected chi connectivity index (χ2v) is 3.90. The lowest BCUT2D eigenvalue weighted by molar-refractivity contribution is 0.0145. The molecule has 0 rings (SSSR count). The molecule has 1 N–H and O–H groups in total. The molecular formula is C13H29NO3. The number of ether oxygens (including phenoxy) is 3. The maximum Gasteiger partial charge on any atom is 0.0701 e. The van der Waals surface area contributed by atoms with Gasteiger partial charge in [0.15, 0.2) is 0 Å². The first-order chi connectivity index (χ1) is 8.41. The normalized spacial score (nSPS) is 10.9. The summed E-state index contributed by atoms with van der Waals surface area (Å²) in [7, 11) is 0. The SMILES string of the molecule is CCCCCOCCOCCOCCNCC. The Hall–Kier alpha value is -0.160. The van der Waals surface area contributed by atoms with E-state index in [9.17, 15) is 0 Å². The van der Waals surface area contributed by atoms with E-state index in [1.165, 1.54) is 12.8 Å². The Labute approximate surface area is 106 Å². The molecule has 0 saturated heterocycles. The highest BCUT2D eigenvalue weighted by molar-refractivity contribution is 4.40. The van der Waals surface area contributed by atoms with Crippen LogP contribution in [0.25, 0.3) is 0 Å². The molecule has 0 aliphatic heterocycles. The molecule has 0 spiro atoms. The fourth-order valence-corrected chi connectivity index (χ4v) is 1.32. The highest BCUT2D eigenvalue weighted by Crippen LogP contribution is 1.93. The van der Waals surface area contributed by atoms with Crippen LogP contribution >= 0.6 is 0 Å². The zero-order chi connectivity index (χ0) is 12.6. The molecular weight excluding hydrogens is 218 g/mol. The summed E-state index contributed by atoms with van der Waals surface area (Å²) in [6, 6.07) is 0. The Morgan fingerprint density at radius 3 is 1.88 bits per heavy atom. The van der Waals surface area contributed by atoms with Gasteiger partial charge in [0.25, 0.3) is 0 Å². The van der Waals surface area contributed by atoms with Crippen molar-refractivity contribution in [2.75, 3.05) is 52.7 Å². The summed E-state index contributed by atoms with van der Waals surface area (Å²) in [4.78, 5) is 0. The average Bonchev–Trinajstić information content (AvgIpc) is 2.35. The van der Waals surface area contributed by atoms with Crippen molar-refractivity contribution in [3.63, 3.8) is 0 Å². The van der Waals surface area contributed by atoms with Gasteiger partial charge in [0.2, 0.25) is 0 Å². The number of hydrogen-bond donors (Lipinski definition) is 1. The van der Waals surface area contributed by atoms with Gasteiger partial charge >= 0.3 is 0 Å². The van der Waals surface area contributed by atoms with Gasteiger partial charge in [0, 0.05) is 13.2 Å². The molecule has 0 bridgehead atoms. The van der Waals surface area contributed by atoms with Crippen molar-refractivity contribution in [3.05, 3.63) is 0 Å². The summed E-state index contributed by atoms with van der Waals surface area (Å²) in [5, 5.41) is 3.20. The standard InChI is InChI=1S/C13H29NO3/c1-3-5-6-8-15-10-12-17-13-11-16-9-7-14-4-2/h14H,3-13H2,1-2H3. The first kappa shape index (κ1) is 16.8. The molecule has 0 aromatic heterocycles. The van der Waals surface area contributed by atoms with Gasteiger partial charge in [-0.1, -0.05) is 26.7 Å². The summed E-state index contributed by atoms with van der Waals surface area (Å²) in [5.41, 5.74) is 0. The van der Waals surface area contributed by atoms with Crippen LogP contribution in [0.4, 0.5) is 0 Å². The highest BCUT2D eigenvalue weighted by atomic mass is 16.5. The van der Waals surface area contributed by atoms with E-state index in [0.29, 0.717) is 26.4 Å². The third-order valence-electron chi connectivity index (χ3n) is 2.31. The van der Waals surface area contributed by atoms with Gasteiger partial charge in [-0.15, -0.1) is 0 Å². The topological polar surface area (TPSA) is 39.7 Å². The monoisotopic (exact) mass is 247 g/mol. The molecule has 0 unspecified atom stereocenters. The molecule has 0 aromatic rings. The Balaban J connectivity index is 2.85. The van der Waals surface area contributed by atoms with Crippen LogP contribution in [0.5, 0.6) is 0 Å². The van der Waals surface area contributed by atoms with Crippen molar-refractivity contribution >= 4 is 0 Å². The molecule has 0 atom stereocenters. The van der Waals surface area contributed by atoms with Crippen LogP contribution in [0.3, 0.4) is 0 Å². The summed E-state index contributed by atoms with van der Waals surface area (Å²) in [5.74, 6) is 0. The van der Waals surface area contributed by atoms with E-state index in [-0.39, 0.29) is 0 Å². The van der Waals surface area contributed by atoms with E-state index in [1.807, 2.05) is 0 Å². The molecule has 0 heterocycles. The molecule has 17 heavy (non-hydrogen) atoms. The molecule has 0 amide bonds. The molecule has 0 saturated carbocycles. The first-order valence-electron chi connectivity index (χ1n) is 6.85. The minimum absolute atomic E-state index is 0.657. The Morgan fingerprint density at radius 2 is 1.29 bits per heavy atom. The van der Waals surface area contributed by atoms with Crippen molar-refractivity contribution in [2.24, 2.45) is 0 Å². The van der Waals surface area contributed by atoms with Gasteiger partial charge < -0.3 is 19.5 Å². The van der Waals surface area contributed by atoms with Crippen LogP contribution in [0.2, 0.25) is 0 Å². The second-order valence-electron chi connectivity index (χ2n) is 3.90. The maximum absolute atomic E-state index is 5.42. The van der Waals surface area contributed by atoms with Crippen LogP contribution in [0.1, 0.15) is 33.1 Å². The predicted octanol–water partition coefficient (Wildman–Crippen LogP) is 1.84. The zero-order valence-electron chi connectivity index (χ0n) is 11.5. The van der Waals surface area contributed by atoms with E-state index in [4.69, 9.17) is 14.2 Å². The van der Waals surface area contributed by atoms with E-state index < -0.39 is 0 Å². The lowest BCUT2D eigenvalue weighted by Gasteiger charge is -2.06. The van der Waals surface area contributed by atoms with Crippen molar-refractivity contribution in [1.82, 2.24) is 5.32 Å². The minimum Gasteiger partial charge on any atom is -0.379 e.